The van der Waals surface area contributed by atoms with Crippen LogP contribution in [0.1, 0.15) is 91.9 Å². The maximum absolute atomic E-state index is 6.02. The molecule has 0 saturated carbocycles. The third-order valence-electron chi connectivity index (χ3n) is 3.60. The zero-order valence-corrected chi connectivity index (χ0v) is 16.4. The molecular formula is C16H34O2Sn. The van der Waals surface area contributed by atoms with Crippen molar-refractivity contribution in [3.8, 4) is 0 Å². The van der Waals surface area contributed by atoms with Gasteiger partial charge in [0.15, 0.2) is 0 Å². The van der Waals surface area contributed by atoms with E-state index in [0.717, 1.165) is 12.8 Å². The van der Waals surface area contributed by atoms with Crippen LogP contribution in [0.2, 0.25) is 0 Å². The standard InChI is InChI=1S/2C8H17O.Sn/c2*1-3-5-6-7-8(9)4-2;/h2*8H,3-7H2,1-2H3;/q2*-1;+2. The molecule has 2 unspecified atom stereocenters. The molecule has 2 nitrogen and oxygen atoms in total. The Labute approximate surface area is 132 Å². The number of unbranched alkanes of at least 4 members (excludes halogenated alkanes) is 4. The van der Waals surface area contributed by atoms with Crippen LogP contribution in [0.5, 0.6) is 0 Å². The molecule has 0 aromatic heterocycles. The fourth-order valence-corrected chi connectivity index (χ4v) is 4.66. The van der Waals surface area contributed by atoms with Crippen LogP contribution in [0.3, 0.4) is 0 Å². The number of hydrogen-bond acceptors (Lipinski definition) is 2. The first-order valence-electron chi connectivity index (χ1n) is 8.34. The van der Waals surface area contributed by atoms with Gasteiger partial charge in [-0.25, -0.2) is 0 Å². The summed E-state index contributed by atoms with van der Waals surface area (Å²) < 4.78 is 12.0. The van der Waals surface area contributed by atoms with E-state index in [1.54, 1.807) is 0 Å². The van der Waals surface area contributed by atoms with Gasteiger partial charge < -0.3 is 0 Å². The van der Waals surface area contributed by atoms with Gasteiger partial charge in [0.05, 0.1) is 0 Å². The molecule has 0 fully saturated rings. The van der Waals surface area contributed by atoms with E-state index in [4.69, 9.17) is 6.15 Å². The molecule has 2 atom stereocenters. The predicted molar refractivity (Wildman–Crippen MR) is 84.4 cm³/mol. The summed E-state index contributed by atoms with van der Waals surface area (Å²) in [7, 11) is 0. The topological polar surface area (TPSA) is 18.5 Å². The third kappa shape index (κ3) is 12.2. The Hall–Kier alpha value is 0.719. The Morgan fingerprint density at radius 3 is 1.42 bits per heavy atom. The summed E-state index contributed by atoms with van der Waals surface area (Å²) >= 11 is -1.06. The minimum atomic E-state index is -1.06. The van der Waals surface area contributed by atoms with Crippen molar-refractivity contribution >= 4 is 22.0 Å². The summed E-state index contributed by atoms with van der Waals surface area (Å²) in [5, 5.41) is 0. The Morgan fingerprint density at radius 2 is 1.11 bits per heavy atom. The zero-order chi connectivity index (χ0) is 14.3. The zero-order valence-electron chi connectivity index (χ0n) is 13.5. The molecule has 0 aliphatic rings. The van der Waals surface area contributed by atoms with Gasteiger partial charge in [-0.3, -0.25) is 0 Å². The molecule has 0 aromatic rings. The molecular weight excluding hydrogens is 343 g/mol. The van der Waals surface area contributed by atoms with E-state index in [1.165, 1.54) is 51.4 Å². The van der Waals surface area contributed by atoms with Crippen molar-refractivity contribution in [2.75, 3.05) is 0 Å². The van der Waals surface area contributed by atoms with Crippen molar-refractivity contribution in [2.45, 2.75) is 104 Å². The van der Waals surface area contributed by atoms with E-state index in [2.05, 4.69) is 27.7 Å². The Morgan fingerprint density at radius 1 is 0.684 bits per heavy atom. The second-order valence-electron chi connectivity index (χ2n) is 5.37. The average molecular weight is 377 g/mol. The van der Waals surface area contributed by atoms with E-state index in [-0.39, 0.29) is 0 Å². The fraction of sp³-hybridized carbons (Fsp3) is 1.00. The second kappa shape index (κ2) is 15.1. The van der Waals surface area contributed by atoms with Gasteiger partial charge in [-0.05, 0) is 0 Å². The van der Waals surface area contributed by atoms with E-state index < -0.39 is 22.0 Å². The van der Waals surface area contributed by atoms with E-state index in [0.29, 0.717) is 12.2 Å². The molecule has 0 aliphatic heterocycles. The van der Waals surface area contributed by atoms with Gasteiger partial charge in [0.2, 0.25) is 0 Å². The quantitative estimate of drug-likeness (QED) is 0.303. The van der Waals surface area contributed by atoms with Gasteiger partial charge in [0.1, 0.15) is 0 Å². The first kappa shape index (κ1) is 19.7. The minimum absolute atomic E-state index is 0.464. The molecule has 3 heteroatoms. The van der Waals surface area contributed by atoms with Gasteiger partial charge in [-0.15, -0.1) is 0 Å². The van der Waals surface area contributed by atoms with E-state index in [1.807, 2.05) is 0 Å². The second-order valence-corrected chi connectivity index (χ2v) is 7.19. The Kier molecular flexibility index (Phi) is 15.7. The summed E-state index contributed by atoms with van der Waals surface area (Å²) in [6.45, 7) is 8.97. The van der Waals surface area contributed by atoms with Gasteiger partial charge in [0.25, 0.3) is 0 Å². The monoisotopic (exact) mass is 378 g/mol. The fourth-order valence-electron chi connectivity index (χ4n) is 2.10. The van der Waals surface area contributed by atoms with Crippen molar-refractivity contribution in [1.82, 2.24) is 0 Å². The molecule has 114 valence electrons. The molecule has 0 spiro atoms. The summed E-state index contributed by atoms with van der Waals surface area (Å²) in [6.07, 6.45) is 13.5. The molecule has 0 N–H and O–H groups in total. The molecule has 0 bridgehead atoms. The average Bonchev–Trinajstić information content (AvgIpc) is 2.44. The van der Waals surface area contributed by atoms with Gasteiger partial charge in [-0.2, -0.15) is 0 Å². The summed E-state index contributed by atoms with van der Waals surface area (Å²) in [4.78, 5) is 0. The van der Waals surface area contributed by atoms with E-state index >= 15 is 0 Å². The number of rotatable bonds is 14. The van der Waals surface area contributed by atoms with Crippen LogP contribution in [0.15, 0.2) is 0 Å². The van der Waals surface area contributed by atoms with Crippen LogP contribution in [-0.2, 0) is 6.15 Å². The molecule has 19 heavy (non-hydrogen) atoms. The summed E-state index contributed by atoms with van der Waals surface area (Å²) in [5.74, 6) is 0. The molecule has 0 aromatic carbocycles. The van der Waals surface area contributed by atoms with Crippen molar-refractivity contribution < 1.29 is 6.15 Å². The first-order valence-corrected chi connectivity index (χ1v) is 10.7. The summed E-state index contributed by atoms with van der Waals surface area (Å²) in [5.41, 5.74) is 0. The molecule has 0 rings (SSSR count). The Bertz CT molecular complexity index is 158. The predicted octanol–water partition coefficient (Wildman–Crippen LogP) is 5.27. The van der Waals surface area contributed by atoms with Crippen molar-refractivity contribution in [3.63, 3.8) is 0 Å². The van der Waals surface area contributed by atoms with Crippen molar-refractivity contribution in [1.29, 1.82) is 0 Å². The van der Waals surface area contributed by atoms with Gasteiger partial charge in [-0.1, -0.05) is 0 Å². The molecule has 2 radical (unpaired) electrons. The molecule has 0 heterocycles. The van der Waals surface area contributed by atoms with Crippen LogP contribution in [0.4, 0.5) is 0 Å². The third-order valence-corrected chi connectivity index (χ3v) is 6.05. The normalized spacial score (nSPS) is 14.5. The van der Waals surface area contributed by atoms with Crippen molar-refractivity contribution in [3.05, 3.63) is 0 Å². The maximum atomic E-state index is 6.02. The van der Waals surface area contributed by atoms with Crippen molar-refractivity contribution in [2.24, 2.45) is 0 Å². The van der Waals surface area contributed by atoms with Crippen LogP contribution in [0, 0.1) is 0 Å². The van der Waals surface area contributed by atoms with Crippen LogP contribution in [0.25, 0.3) is 0 Å². The Balaban J connectivity index is 3.64. The molecule has 0 saturated heterocycles. The van der Waals surface area contributed by atoms with E-state index in [9.17, 15) is 0 Å². The summed E-state index contributed by atoms with van der Waals surface area (Å²) in [6, 6.07) is 0. The molecule has 0 aliphatic carbocycles. The molecule has 0 amide bonds. The van der Waals surface area contributed by atoms with Gasteiger partial charge in [0, 0.05) is 0 Å². The number of hydrogen-bond donors (Lipinski definition) is 0. The van der Waals surface area contributed by atoms with Gasteiger partial charge >= 0.3 is 132 Å². The van der Waals surface area contributed by atoms with Crippen LogP contribution < -0.4 is 0 Å². The first-order chi connectivity index (χ1) is 9.28. The van der Waals surface area contributed by atoms with Crippen LogP contribution >= 0.6 is 0 Å². The van der Waals surface area contributed by atoms with Crippen LogP contribution in [-0.4, -0.2) is 34.2 Å². The SMILES string of the molecule is CCCCCC(CC)[O][Sn][O]C(CC)CCCCC.